The van der Waals surface area contributed by atoms with Crippen molar-refractivity contribution < 1.29 is 12.8 Å². The van der Waals surface area contributed by atoms with Crippen LogP contribution in [0.2, 0.25) is 0 Å². The van der Waals surface area contributed by atoms with Gasteiger partial charge < -0.3 is 5.73 Å². The maximum atomic E-state index is 13.5. The molecule has 0 spiro atoms. The minimum Gasteiger partial charge on any atom is -0.368 e. The summed E-state index contributed by atoms with van der Waals surface area (Å²) in [7, 11) is -3.72. The van der Waals surface area contributed by atoms with Crippen LogP contribution in [-0.4, -0.2) is 40.8 Å². The molecule has 7 nitrogen and oxygen atoms in total. The third-order valence-electron chi connectivity index (χ3n) is 5.54. The summed E-state index contributed by atoms with van der Waals surface area (Å²) in [5, 5.41) is 0. The molecule has 1 aromatic carbocycles. The van der Waals surface area contributed by atoms with Gasteiger partial charge in [0.2, 0.25) is 16.0 Å². The van der Waals surface area contributed by atoms with Crippen LogP contribution in [0.1, 0.15) is 35.7 Å². The van der Waals surface area contributed by atoms with Crippen LogP contribution in [0.4, 0.5) is 10.3 Å². The van der Waals surface area contributed by atoms with Crippen LogP contribution in [0.3, 0.4) is 0 Å². The Hall–Kier alpha value is -2.91. The normalized spacial score (nSPS) is 17.6. The number of halogens is 1. The van der Waals surface area contributed by atoms with Crippen molar-refractivity contribution in [2.45, 2.75) is 37.5 Å². The number of anilines is 1. The number of pyridine rings is 1. The molecule has 2 aromatic heterocycles. The zero-order valence-corrected chi connectivity index (χ0v) is 18.2. The highest BCUT2D eigenvalue weighted by molar-refractivity contribution is 7.89. The van der Waals surface area contributed by atoms with E-state index in [4.69, 9.17) is 5.73 Å². The maximum Gasteiger partial charge on any atom is 0.243 e. The van der Waals surface area contributed by atoms with Gasteiger partial charge in [0.05, 0.1) is 4.90 Å². The molecule has 0 saturated carbocycles. The molecule has 2 N–H and O–H groups in total. The highest BCUT2D eigenvalue weighted by Gasteiger charge is 2.32. The van der Waals surface area contributed by atoms with E-state index in [1.165, 1.54) is 22.5 Å². The van der Waals surface area contributed by atoms with E-state index in [0.717, 1.165) is 35.4 Å². The van der Waals surface area contributed by atoms with Crippen molar-refractivity contribution >= 4 is 16.0 Å². The zero-order valence-electron chi connectivity index (χ0n) is 17.4. The van der Waals surface area contributed by atoms with Gasteiger partial charge in [0.1, 0.15) is 5.82 Å². The summed E-state index contributed by atoms with van der Waals surface area (Å²) in [6.07, 6.45) is 4.88. The molecule has 1 saturated heterocycles. The fourth-order valence-corrected chi connectivity index (χ4v) is 5.73. The number of aromatic nitrogens is 3. The predicted molar refractivity (Wildman–Crippen MR) is 116 cm³/mol. The molecule has 31 heavy (non-hydrogen) atoms. The van der Waals surface area contributed by atoms with Gasteiger partial charge in [0, 0.05) is 48.4 Å². The van der Waals surface area contributed by atoms with E-state index in [0.29, 0.717) is 18.7 Å². The van der Waals surface area contributed by atoms with Crippen LogP contribution >= 0.6 is 0 Å². The van der Waals surface area contributed by atoms with E-state index in [1.54, 1.807) is 19.3 Å². The van der Waals surface area contributed by atoms with Crippen molar-refractivity contribution in [2.24, 2.45) is 0 Å². The second-order valence-corrected chi connectivity index (χ2v) is 9.77. The summed E-state index contributed by atoms with van der Waals surface area (Å²) < 4.78 is 41.4. The summed E-state index contributed by atoms with van der Waals surface area (Å²) in [5.74, 6) is -0.285. The van der Waals surface area contributed by atoms with E-state index in [9.17, 15) is 12.8 Å². The molecule has 0 amide bonds. The lowest BCUT2D eigenvalue weighted by molar-refractivity contribution is 0.312. The number of aryl methyl sites for hydroxylation is 2. The topological polar surface area (TPSA) is 102 Å². The van der Waals surface area contributed by atoms with Gasteiger partial charge in [0.15, 0.2) is 0 Å². The number of hydrogen-bond donors (Lipinski definition) is 1. The van der Waals surface area contributed by atoms with Crippen LogP contribution in [0, 0.1) is 19.7 Å². The first kappa shape index (κ1) is 21.3. The first-order valence-electron chi connectivity index (χ1n) is 10.1. The Labute approximate surface area is 181 Å². The van der Waals surface area contributed by atoms with Crippen molar-refractivity contribution in [2.75, 3.05) is 18.8 Å². The smallest absolute Gasteiger partial charge is 0.243 e. The van der Waals surface area contributed by atoms with Crippen molar-refractivity contribution in [1.29, 1.82) is 0 Å². The quantitative estimate of drug-likeness (QED) is 0.665. The Morgan fingerprint density at radius 1 is 1.10 bits per heavy atom. The van der Waals surface area contributed by atoms with E-state index in [1.807, 2.05) is 19.1 Å². The molecule has 1 fully saturated rings. The third kappa shape index (κ3) is 4.42. The molecule has 1 aliphatic rings. The van der Waals surface area contributed by atoms with Crippen LogP contribution in [0.5, 0.6) is 0 Å². The predicted octanol–water partition coefficient (Wildman–Crippen LogP) is 3.45. The lowest BCUT2D eigenvalue weighted by Crippen LogP contribution is -2.39. The maximum absolute atomic E-state index is 13.5. The Bertz CT molecular complexity index is 1220. The average molecular weight is 442 g/mol. The van der Waals surface area contributed by atoms with E-state index in [-0.39, 0.29) is 16.8 Å². The van der Waals surface area contributed by atoms with E-state index >= 15 is 0 Å². The molecular formula is C22H24FN5O2S. The monoisotopic (exact) mass is 441 g/mol. The Balaban J connectivity index is 1.63. The second kappa shape index (κ2) is 8.32. The van der Waals surface area contributed by atoms with Crippen LogP contribution in [-0.2, 0) is 10.0 Å². The molecule has 3 aromatic rings. The SMILES string of the molecule is Cc1cc(-c2cnc(N)nc2)cc([C@H]2CCCN(S(=O)(=O)c3ccc(F)cc3C)C2)n1. The largest absolute Gasteiger partial charge is 0.368 e. The number of rotatable bonds is 4. The Morgan fingerprint density at radius 2 is 1.84 bits per heavy atom. The first-order valence-corrected chi connectivity index (χ1v) is 11.5. The number of sulfonamides is 1. The number of piperidine rings is 1. The summed E-state index contributed by atoms with van der Waals surface area (Å²) in [6.45, 7) is 4.28. The molecule has 0 aliphatic carbocycles. The third-order valence-corrected chi connectivity index (χ3v) is 7.56. The molecule has 0 bridgehead atoms. The van der Waals surface area contributed by atoms with Gasteiger partial charge in [0.25, 0.3) is 0 Å². The Kier molecular flexibility index (Phi) is 5.72. The molecule has 4 rings (SSSR count). The number of nitrogens with two attached hydrogens (primary N) is 1. The van der Waals surface area contributed by atoms with Gasteiger partial charge in [-0.1, -0.05) is 0 Å². The van der Waals surface area contributed by atoms with Crippen LogP contribution < -0.4 is 5.73 Å². The first-order chi connectivity index (χ1) is 14.7. The van der Waals surface area contributed by atoms with Crippen molar-refractivity contribution in [3.63, 3.8) is 0 Å². The molecule has 9 heteroatoms. The Morgan fingerprint density at radius 3 is 2.55 bits per heavy atom. The summed E-state index contributed by atoms with van der Waals surface area (Å²) in [4.78, 5) is 12.9. The summed E-state index contributed by atoms with van der Waals surface area (Å²) in [5.41, 5.74) is 9.39. The fraction of sp³-hybridized carbons (Fsp3) is 0.318. The van der Waals surface area contributed by atoms with E-state index in [2.05, 4.69) is 15.0 Å². The molecule has 3 heterocycles. The molecule has 0 unspecified atom stereocenters. The van der Waals surface area contributed by atoms with E-state index < -0.39 is 15.8 Å². The van der Waals surface area contributed by atoms with Gasteiger partial charge in [-0.25, -0.2) is 22.8 Å². The standard InChI is InChI=1S/C22H24FN5O2S/c1-14-8-19(23)5-6-21(14)31(29,30)28-7-3-4-16(13-28)20-10-17(9-15(2)27-20)18-11-25-22(24)26-12-18/h5-6,8-12,16H,3-4,7,13H2,1-2H3,(H2,24,25,26)/t16-/m0/s1. The highest BCUT2D eigenvalue weighted by Crippen LogP contribution is 2.32. The summed E-state index contributed by atoms with van der Waals surface area (Å²) in [6, 6.07) is 7.68. The molecule has 1 aliphatic heterocycles. The fourth-order valence-electron chi connectivity index (χ4n) is 4.00. The second-order valence-electron chi connectivity index (χ2n) is 7.86. The van der Waals surface area contributed by atoms with Gasteiger partial charge in [-0.15, -0.1) is 0 Å². The van der Waals surface area contributed by atoms with Crippen molar-refractivity contribution in [3.8, 4) is 11.1 Å². The summed E-state index contributed by atoms with van der Waals surface area (Å²) >= 11 is 0. The molecular weight excluding hydrogens is 417 g/mol. The molecule has 162 valence electrons. The molecule has 0 radical (unpaired) electrons. The van der Waals surface area contributed by atoms with Gasteiger partial charge in [-0.2, -0.15) is 4.31 Å². The zero-order chi connectivity index (χ0) is 22.2. The number of hydrogen-bond acceptors (Lipinski definition) is 6. The molecule has 1 atom stereocenters. The van der Waals surface area contributed by atoms with Gasteiger partial charge in [-0.05, 0) is 68.1 Å². The number of benzene rings is 1. The van der Waals surface area contributed by atoms with Gasteiger partial charge >= 0.3 is 0 Å². The minimum atomic E-state index is -3.72. The van der Waals surface area contributed by atoms with Gasteiger partial charge in [-0.3, -0.25) is 4.98 Å². The number of nitrogens with zero attached hydrogens (tertiary/aromatic N) is 4. The van der Waals surface area contributed by atoms with Crippen LogP contribution in [0.25, 0.3) is 11.1 Å². The van der Waals surface area contributed by atoms with Crippen molar-refractivity contribution in [1.82, 2.24) is 19.3 Å². The van der Waals surface area contributed by atoms with Crippen LogP contribution in [0.15, 0.2) is 47.6 Å². The minimum absolute atomic E-state index is 0.0439. The lowest BCUT2D eigenvalue weighted by Gasteiger charge is -2.32. The average Bonchev–Trinajstić information content (AvgIpc) is 2.73. The van der Waals surface area contributed by atoms with Crippen molar-refractivity contribution in [3.05, 3.63) is 65.5 Å². The lowest BCUT2D eigenvalue weighted by atomic mass is 9.93. The highest BCUT2D eigenvalue weighted by atomic mass is 32.2. The number of nitrogen functional groups attached to an aromatic ring is 1.